The van der Waals surface area contributed by atoms with Crippen molar-refractivity contribution in [1.29, 1.82) is 0 Å². The summed E-state index contributed by atoms with van der Waals surface area (Å²) in [7, 11) is 1.30. The lowest BCUT2D eigenvalue weighted by Crippen LogP contribution is -2.26. The molecule has 0 N–H and O–H groups in total. The number of methoxy groups -OCH3 is 1. The Labute approximate surface area is 171 Å². The summed E-state index contributed by atoms with van der Waals surface area (Å²) >= 11 is 11.8. The van der Waals surface area contributed by atoms with E-state index in [9.17, 15) is 14.4 Å². The molecule has 1 unspecified atom stereocenters. The van der Waals surface area contributed by atoms with Crippen molar-refractivity contribution in [3.8, 4) is 0 Å². The Hall–Kier alpha value is -2.57. The molecule has 0 bridgehead atoms. The number of ether oxygens (including phenoxy) is 2. The Kier molecular flexibility index (Phi) is 6.21. The van der Waals surface area contributed by atoms with Crippen LogP contribution >= 0.6 is 23.2 Å². The average Bonchev–Trinajstić information content (AvgIpc) is 3.10. The van der Waals surface area contributed by atoms with Crippen molar-refractivity contribution in [3.63, 3.8) is 0 Å². The topological polar surface area (TPSA) is 72.9 Å². The normalized spacial score (nSPS) is 16.2. The van der Waals surface area contributed by atoms with Crippen LogP contribution in [0.5, 0.6) is 0 Å². The minimum atomic E-state index is -0.560. The molecule has 0 aromatic heterocycles. The van der Waals surface area contributed by atoms with Gasteiger partial charge in [-0.15, -0.1) is 0 Å². The number of benzene rings is 2. The average molecular weight is 422 g/mol. The first-order valence-electron chi connectivity index (χ1n) is 8.48. The van der Waals surface area contributed by atoms with Crippen LogP contribution in [0.2, 0.25) is 10.0 Å². The van der Waals surface area contributed by atoms with E-state index in [-0.39, 0.29) is 25.5 Å². The molecule has 3 rings (SSSR count). The standard InChI is InChI=1S/C20H17Cl2NO5/c1-27-19(25)13-3-5-15(6-4-13)23-10-14(9-18(23)24)20(26)28-11-12-2-7-16(21)17(22)8-12/h2-8,14H,9-11H2,1H3. The van der Waals surface area contributed by atoms with E-state index in [1.807, 2.05) is 0 Å². The largest absolute Gasteiger partial charge is 0.465 e. The van der Waals surface area contributed by atoms with Crippen molar-refractivity contribution in [2.75, 3.05) is 18.6 Å². The second-order valence-corrected chi connectivity index (χ2v) is 7.11. The zero-order chi connectivity index (χ0) is 20.3. The number of carbonyl (C=O) groups excluding carboxylic acids is 3. The van der Waals surface area contributed by atoms with E-state index in [4.69, 9.17) is 27.9 Å². The molecule has 2 aromatic carbocycles. The molecule has 1 amide bonds. The minimum absolute atomic E-state index is 0.0498. The Balaban J connectivity index is 1.60. The number of hydrogen-bond donors (Lipinski definition) is 0. The number of carbonyl (C=O) groups is 3. The summed E-state index contributed by atoms with van der Waals surface area (Å²) < 4.78 is 9.98. The highest BCUT2D eigenvalue weighted by atomic mass is 35.5. The molecular weight excluding hydrogens is 405 g/mol. The Morgan fingerprint density at radius 2 is 1.82 bits per heavy atom. The van der Waals surface area contributed by atoms with Gasteiger partial charge in [0.2, 0.25) is 5.91 Å². The van der Waals surface area contributed by atoms with Crippen LogP contribution in [0.1, 0.15) is 22.3 Å². The van der Waals surface area contributed by atoms with Gasteiger partial charge in [0.05, 0.1) is 28.6 Å². The lowest BCUT2D eigenvalue weighted by Gasteiger charge is -2.17. The quantitative estimate of drug-likeness (QED) is 0.684. The SMILES string of the molecule is COC(=O)c1ccc(N2CC(C(=O)OCc3ccc(Cl)c(Cl)c3)CC2=O)cc1. The van der Waals surface area contributed by atoms with Gasteiger partial charge >= 0.3 is 11.9 Å². The summed E-state index contributed by atoms with van der Waals surface area (Å²) in [4.78, 5) is 37.7. The number of rotatable bonds is 5. The lowest BCUT2D eigenvalue weighted by molar-refractivity contribution is -0.149. The van der Waals surface area contributed by atoms with E-state index in [2.05, 4.69) is 4.74 Å². The number of amides is 1. The van der Waals surface area contributed by atoms with Gasteiger partial charge in [-0.2, -0.15) is 0 Å². The maximum absolute atomic E-state index is 12.4. The third-order valence-electron chi connectivity index (χ3n) is 4.42. The first-order chi connectivity index (χ1) is 13.4. The highest BCUT2D eigenvalue weighted by molar-refractivity contribution is 6.42. The predicted molar refractivity (Wildman–Crippen MR) is 104 cm³/mol. The summed E-state index contributed by atoms with van der Waals surface area (Å²) in [6.45, 7) is 0.269. The van der Waals surface area contributed by atoms with Crippen molar-refractivity contribution in [2.45, 2.75) is 13.0 Å². The van der Waals surface area contributed by atoms with Crippen molar-refractivity contribution < 1.29 is 23.9 Å². The van der Waals surface area contributed by atoms with E-state index in [0.717, 1.165) is 0 Å². The van der Waals surface area contributed by atoms with E-state index < -0.39 is 17.9 Å². The summed E-state index contributed by atoms with van der Waals surface area (Å²) in [6, 6.07) is 11.4. The van der Waals surface area contributed by atoms with Gasteiger partial charge in [-0.3, -0.25) is 9.59 Å². The van der Waals surface area contributed by atoms with Crippen molar-refractivity contribution in [1.82, 2.24) is 0 Å². The van der Waals surface area contributed by atoms with Gasteiger partial charge in [-0.05, 0) is 42.0 Å². The minimum Gasteiger partial charge on any atom is -0.465 e. The fourth-order valence-electron chi connectivity index (χ4n) is 2.91. The summed E-state index contributed by atoms with van der Waals surface area (Å²) in [5, 5.41) is 0.805. The fraction of sp³-hybridized carbons (Fsp3) is 0.250. The molecule has 146 valence electrons. The molecular formula is C20H17Cl2NO5. The molecule has 28 heavy (non-hydrogen) atoms. The van der Waals surface area contributed by atoms with Gasteiger partial charge < -0.3 is 14.4 Å². The number of halogens is 2. The van der Waals surface area contributed by atoms with Crippen molar-refractivity contribution in [3.05, 3.63) is 63.6 Å². The summed E-state index contributed by atoms with van der Waals surface area (Å²) in [5.41, 5.74) is 1.70. The molecule has 1 aliphatic heterocycles. The maximum atomic E-state index is 12.4. The molecule has 1 saturated heterocycles. The molecule has 8 heteroatoms. The monoisotopic (exact) mass is 421 g/mol. The van der Waals surface area contributed by atoms with Crippen molar-refractivity contribution in [2.24, 2.45) is 5.92 Å². The number of esters is 2. The van der Waals surface area contributed by atoms with Gasteiger partial charge in [0.25, 0.3) is 0 Å². The molecule has 0 saturated carbocycles. The molecule has 1 fully saturated rings. The fourth-order valence-corrected chi connectivity index (χ4v) is 3.23. The van der Waals surface area contributed by atoms with E-state index in [0.29, 0.717) is 26.9 Å². The van der Waals surface area contributed by atoms with Gasteiger partial charge in [-0.25, -0.2) is 4.79 Å². The number of hydrogen-bond acceptors (Lipinski definition) is 5. The van der Waals surface area contributed by atoms with Crippen LogP contribution in [0.4, 0.5) is 5.69 Å². The second kappa shape index (κ2) is 8.63. The molecule has 0 aliphatic carbocycles. The molecule has 1 aliphatic rings. The van der Waals surface area contributed by atoms with Gasteiger partial charge in [-0.1, -0.05) is 29.3 Å². The van der Waals surface area contributed by atoms with Crippen LogP contribution in [0.25, 0.3) is 0 Å². The lowest BCUT2D eigenvalue weighted by atomic mass is 10.1. The Morgan fingerprint density at radius 3 is 2.46 bits per heavy atom. The molecule has 0 spiro atoms. The summed E-state index contributed by atoms with van der Waals surface area (Å²) in [6.07, 6.45) is 0.0684. The first kappa shape index (κ1) is 20.2. The molecule has 2 aromatic rings. The van der Waals surface area contributed by atoms with Crippen LogP contribution in [-0.2, 0) is 25.7 Å². The Bertz CT molecular complexity index is 913. The highest BCUT2D eigenvalue weighted by Crippen LogP contribution is 2.27. The zero-order valence-electron chi connectivity index (χ0n) is 15.0. The van der Waals surface area contributed by atoms with Crippen LogP contribution in [0, 0.1) is 5.92 Å². The van der Waals surface area contributed by atoms with Crippen molar-refractivity contribution >= 4 is 46.7 Å². The van der Waals surface area contributed by atoms with Gasteiger partial charge in [0.15, 0.2) is 0 Å². The smallest absolute Gasteiger partial charge is 0.337 e. The molecule has 1 atom stereocenters. The predicted octanol–water partition coefficient (Wildman–Crippen LogP) is 3.88. The number of nitrogens with zero attached hydrogens (tertiary/aromatic N) is 1. The van der Waals surface area contributed by atoms with Gasteiger partial charge in [0.1, 0.15) is 6.61 Å². The van der Waals surface area contributed by atoms with Crippen LogP contribution in [0.3, 0.4) is 0 Å². The molecule has 1 heterocycles. The third-order valence-corrected chi connectivity index (χ3v) is 5.16. The molecule has 0 radical (unpaired) electrons. The van der Waals surface area contributed by atoms with Crippen LogP contribution < -0.4 is 4.90 Å². The van der Waals surface area contributed by atoms with Crippen LogP contribution in [0.15, 0.2) is 42.5 Å². The third kappa shape index (κ3) is 4.46. The first-order valence-corrected chi connectivity index (χ1v) is 9.24. The number of anilines is 1. The maximum Gasteiger partial charge on any atom is 0.337 e. The molecule has 6 nitrogen and oxygen atoms in total. The van der Waals surface area contributed by atoms with E-state index in [1.165, 1.54) is 12.0 Å². The summed E-state index contributed by atoms with van der Waals surface area (Å²) in [5.74, 6) is -1.64. The van der Waals surface area contributed by atoms with E-state index >= 15 is 0 Å². The Morgan fingerprint density at radius 1 is 1.11 bits per heavy atom. The zero-order valence-corrected chi connectivity index (χ0v) is 16.5. The highest BCUT2D eigenvalue weighted by Gasteiger charge is 2.36. The second-order valence-electron chi connectivity index (χ2n) is 6.30. The van der Waals surface area contributed by atoms with Gasteiger partial charge in [0, 0.05) is 18.7 Å². The van der Waals surface area contributed by atoms with E-state index in [1.54, 1.807) is 42.5 Å². The van der Waals surface area contributed by atoms with Crippen LogP contribution in [-0.4, -0.2) is 31.5 Å².